The summed E-state index contributed by atoms with van der Waals surface area (Å²) >= 11 is 1.36. The Hall–Kier alpha value is -1.68. The summed E-state index contributed by atoms with van der Waals surface area (Å²) in [5.74, 6) is 0.475. The zero-order valence-corrected chi connectivity index (χ0v) is 11.2. The number of rotatable bonds is 4. The highest BCUT2D eigenvalue weighted by Gasteiger charge is 2.08. The van der Waals surface area contributed by atoms with Crippen molar-refractivity contribution < 1.29 is 4.79 Å². The summed E-state index contributed by atoms with van der Waals surface area (Å²) in [5.41, 5.74) is 3.09. The van der Waals surface area contributed by atoms with Crippen LogP contribution in [0.25, 0.3) is 0 Å². The summed E-state index contributed by atoms with van der Waals surface area (Å²) in [6.45, 7) is 4.05. The summed E-state index contributed by atoms with van der Waals surface area (Å²) in [6.07, 6.45) is 3.35. The minimum absolute atomic E-state index is 0.107. The Kier molecular flexibility index (Phi) is 4.10. The summed E-state index contributed by atoms with van der Waals surface area (Å²) in [6, 6.07) is 7.54. The van der Waals surface area contributed by atoms with Crippen LogP contribution in [-0.4, -0.2) is 21.5 Å². The molecule has 92 valence electrons. The molecule has 0 bridgehead atoms. The lowest BCUT2D eigenvalue weighted by atomic mass is 10.0. The van der Waals surface area contributed by atoms with Crippen molar-refractivity contribution in [3.8, 4) is 0 Å². The second kappa shape index (κ2) is 5.78. The van der Waals surface area contributed by atoms with Gasteiger partial charge in [-0.1, -0.05) is 23.9 Å². The van der Waals surface area contributed by atoms with E-state index in [1.807, 2.05) is 32.0 Å². The van der Waals surface area contributed by atoms with Gasteiger partial charge in [0.25, 0.3) is 0 Å². The topological polar surface area (TPSA) is 42.9 Å². The SMILES string of the molecule is Cc1ccc(C(=O)CSc2ncccn2)cc1C. The van der Waals surface area contributed by atoms with Crippen LogP contribution in [0.3, 0.4) is 0 Å². The van der Waals surface area contributed by atoms with Gasteiger partial charge >= 0.3 is 0 Å². The highest BCUT2D eigenvalue weighted by atomic mass is 32.2. The fourth-order valence-electron chi connectivity index (χ4n) is 1.49. The van der Waals surface area contributed by atoms with E-state index in [2.05, 4.69) is 9.97 Å². The predicted octanol–water partition coefficient (Wildman–Crippen LogP) is 3.07. The third kappa shape index (κ3) is 3.17. The molecule has 1 heterocycles. The molecule has 1 aromatic heterocycles. The summed E-state index contributed by atoms with van der Waals surface area (Å²) in [7, 11) is 0. The van der Waals surface area contributed by atoms with Gasteiger partial charge in [0.05, 0.1) is 5.75 Å². The minimum atomic E-state index is 0.107. The largest absolute Gasteiger partial charge is 0.293 e. The molecule has 3 nitrogen and oxygen atoms in total. The molecule has 18 heavy (non-hydrogen) atoms. The maximum absolute atomic E-state index is 12.0. The number of hydrogen-bond donors (Lipinski definition) is 0. The van der Waals surface area contributed by atoms with E-state index in [1.165, 1.54) is 17.3 Å². The summed E-state index contributed by atoms with van der Waals surface area (Å²) in [5, 5.41) is 0.634. The Bertz CT molecular complexity index is 555. The first-order valence-corrected chi connectivity index (χ1v) is 6.65. The molecule has 4 heteroatoms. The van der Waals surface area contributed by atoms with Crippen LogP contribution in [0, 0.1) is 13.8 Å². The quantitative estimate of drug-likeness (QED) is 0.480. The molecule has 0 atom stereocenters. The lowest BCUT2D eigenvalue weighted by Crippen LogP contribution is -2.03. The van der Waals surface area contributed by atoms with Gasteiger partial charge in [0, 0.05) is 18.0 Å². The van der Waals surface area contributed by atoms with Crippen molar-refractivity contribution in [2.75, 3.05) is 5.75 Å². The Balaban J connectivity index is 2.02. The molecule has 0 aliphatic rings. The third-order valence-electron chi connectivity index (χ3n) is 2.70. The van der Waals surface area contributed by atoms with Gasteiger partial charge in [-0.15, -0.1) is 0 Å². The molecule has 0 fully saturated rings. The average Bonchev–Trinajstić information content (AvgIpc) is 2.40. The minimum Gasteiger partial charge on any atom is -0.293 e. The van der Waals surface area contributed by atoms with Crippen LogP contribution < -0.4 is 0 Å². The second-order valence-electron chi connectivity index (χ2n) is 4.04. The molecule has 0 aliphatic heterocycles. The molecule has 2 aromatic rings. The lowest BCUT2D eigenvalue weighted by Gasteiger charge is -2.04. The van der Waals surface area contributed by atoms with Crippen molar-refractivity contribution in [3.63, 3.8) is 0 Å². The number of aromatic nitrogens is 2. The fraction of sp³-hybridized carbons (Fsp3) is 0.214. The molecule has 2 rings (SSSR count). The van der Waals surface area contributed by atoms with Crippen molar-refractivity contribution >= 4 is 17.5 Å². The number of carbonyl (C=O) groups excluding carboxylic acids is 1. The normalized spacial score (nSPS) is 10.3. The van der Waals surface area contributed by atoms with Gasteiger partial charge in [-0.2, -0.15) is 0 Å². The van der Waals surface area contributed by atoms with Crippen LogP contribution in [0.2, 0.25) is 0 Å². The Labute approximate surface area is 111 Å². The smallest absolute Gasteiger partial charge is 0.187 e. The van der Waals surface area contributed by atoms with Crippen LogP contribution in [0.5, 0.6) is 0 Å². The molecule has 1 aromatic carbocycles. The highest BCUT2D eigenvalue weighted by molar-refractivity contribution is 7.99. The number of thioether (sulfide) groups is 1. The standard InChI is InChI=1S/C14H14N2OS/c1-10-4-5-12(8-11(10)2)13(17)9-18-14-15-6-3-7-16-14/h3-8H,9H2,1-2H3. The lowest BCUT2D eigenvalue weighted by molar-refractivity contribution is 0.102. The van der Waals surface area contributed by atoms with Crippen LogP contribution in [0.15, 0.2) is 41.8 Å². The van der Waals surface area contributed by atoms with E-state index < -0.39 is 0 Å². The molecule has 0 saturated carbocycles. The van der Waals surface area contributed by atoms with Gasteiger partial charge in [0.1, 0.15) is 0 Å². The number of hydrogen-bond acceptors (Lipinski definition) is 4. The Morgan fingerprint density at radius 2 is 1.89 bits per heavy atom. The van der Waals surface area contributed by atoms with Crippen molar-refractivity contribution in [1.29, 1.82) is 0 Å². The number of Topliss-reactive ketones (excluding diaryl/α,β-unsaturated/α-hetero) is 1. The van der Waals surface area contributed by atoms with Crippen LogP contribution in [0.4, 0.5) is 0 Å². The first-order valence-electron chi connectivity index (χ1n) is 5.67. The van der Waals surface area contributed by atoms with E-state index in [-0.39, 0.29) is 5.78 Å². The van der Waals surface area contributed by atoms with E-state index in [0.29, 0.717) is 10.9 Å². The van der Waals surface area contributed by atoms with Gasteiger partial charge in [-0.05, 0) is 37.1 Å². The molecule has 0 aliphatic carbocycles. The highest BCUT2D eigenvalue weighted by Crippen LogP contribution is 2.16. The van der Waals surface area contributed by atoms with E-state index in [1.54, 1.807) is 18.5 Å². The molecule has 0 unspecified atom stereocenters. The molecule has 0 saturated heterocycles. The third-order valence-corrected chi connectivity index (χ3v) is 3.58. The first kappa shape index (κ1) is 12.8. The molecular formula is C14H14N2OS. The van der Waals surface area contributed by atoms with Gasteiger partial charge in [-0.25, -0.2) is 9.97 Å². The van der Waals surface area contributed by atoms with Crippen LogP contribution >= 0.6 is 11.8 Å². The van der Waals surface area contributed by atoms with E-state index in [0.717, 1.165) is 11.1 Å². The number of aryl methyl sites for hydroxylation is 2. The van der Waals surface area contributed by atoms with Gasteiger partial charge in [0.2, 0.25) is 0 Å². The molecular weight excluding hydrogens is 244 g/mol. The number of ketones is 1. The molecule has 0 radical (unpaired) electrons. The number of nitrogens with zero attached hydrogens (tertiary/aromatic N) is 2. The van der Waals surface area contributed by atoms with Crippen molar-refractivity contribution in [2.24, 2.45) is 0 Å². The molecule has 0 N–H and O–H groups in total. The van der Waals surface area contributed by atoms with Gasteiger partial charge in [0.15, 0.2) is 10.9 Å². The zero-order chi connectivity index (χ0) is 13.0. The first-order chi connectivity index (χ1) is 8.66. The van der Waals surface area contributed by atoms with Crippen molar-refractivity contribution in [2.45, 2.75) is 19.0 Å². The van der Waals surface area contributed by atoms with E-state index in [4.69, 9.17) is 0 Å². The number of carbonyl (C=O) groups is 1. The van der Waals surface area contributed by atoms with Crippen LogP contribution in [-0.2, 0) is 0 Å². The maximum Gasteiger partial charge on any atom is 0.187 e. The zero-order valence-electron chi connectivity index (χ0n) is 10.4. The van der Waals surface area contributed by atoms with E-state index in [9.17, 15) is 4.79 Å². The molecule has 0 spiro atoms. The summed E-state index contributed by atoms with van der Waals surface area (Å²) in [4.78, 5) is 20.2. The van der Waals surface area contributed by atoms with Crippen molar-refractivity contribution in [1.82, 2.24) is 9.97 Å². The van der Waals surface area contributed by atoms with E-state index >= 15 is 0 Å². The predicted molar refractivity (Wildman–Crippen MR) is 73.0 cm³/mol. The fourth-order valence-corrected chi connectivity index (χ4v) is 2.19. The summed E-state index contributed by atoms with van der Waals surface area (Å²) < 4.78 is 0. The Morgan fingerprint density at radius 3 is 2.56 bits per heavy atom. The maximum atomic E-state index is 12.0. The van der Waals surface area contributed by atoms with Crippen molar-refractivity contribution in [3.05, 3.63) is 53.3 Å². The number of benzene rings is 1. The second-order valence-corrected chi connectivity index (χ2v) is 4.98. The monoisotopic (exact) mass is 258 g/mol. The van der Waals surface area contributed by atoms with Gasteiger partial charge in [-0.3, -0.25) is 4.79 Å². The average molecular weight is 258 g/mol. The van der Waals surface area contributed by atoms with Gasteiger partial charge < -0.3 is 0 Å². The van der Waals surface area contributed by atoms with Crippen LogP contribution in [0.1, 0.15) is 21.5 Å². The Morgan fingerprint density at radius 1 is 1.17 bits per heavy atom. The molecule has 0 amide bonds.